The Morgan fingerprint density at radius 1 is 1.20 bits per heavy atom. The zero-order valence-corrected chi connectivity index (χ0v) is 13.3. The van der Waals surface area contributed by atoms with Crippen molar-refractivity contribution in [3.8, 4) is 11.5 Å². The first-order chi connectivity index (χ1) is 9.65. The van der Waals surface area contributed by atoms with Gasteiger partial charge in [0.25, 0.3) is 0 Å². The fourth-order valence-electron chi connectivity index (χ4n) is 1.90. The van der Waals surface area contributed by atoms with Crippen molar-refractivity contribution < 1.29 is 9.47 Å². The van der Waals surface area contributed by atoms with Crippen LogP contribution < -0.4 is 15.2 Å². The second kappa shape index (κ2) is 6.97. The van der Waals surface area contributed by atoms with E-state index in [0.717, 1.165) is 15.8 Å². The van der Waals surface area contributed by atoms with Gasteiger partial charge in [0.05, 0.1) is 11.6 Å². The number of hydrogen-bond acceptors (Lipinski definition) is 3. The van der Waals surface area contributed by atoms with Crippen LogP contribution in [-0.4, -0.2) is 13.7 Å². The second-order valence-corrected chi connectivity index (χ2v) is 5.45. The summed E-state index contributed by atoms with van der Waals surface area (Å²) in [5, 5.41) is 0.644. The third-order valence-corrected chi connectivity index (χ3v) is 3.72. The molecule has 0 aliphatic heterocycles. The van der Waals surface area contributed by atoms with Gasteiger partial charge >= 0.3 is 0 Å². The molecule has 3 nitrogen and oxygen atoms in total. The molecule has 5 heteroatoms. The van der Waals surface area contributed by atoms with E-state index < -0.39 is 0 Å². The molecule has 0 saturated carbocycles. The fourth-order valence-corrected chi connectivity index (χ4v) is 2.67. The zero-order valence-electron chi connectivity index (χ0n) is 11.0. The van der Waals surface area contributed by atoms with E-state index in [9.17, 15) is 0 Å². The van der Waals surface area contributed by atoms with Crippen molar-refractivity contribution in [3.05, 3.63) is 57.5 Å². The minimum Gasteiger partial charge on any atom is -0.496 e. The highest BCUT2D eigenvalue weighted by atomic mass is 79.9. The van der Waals surface area contributed by atoms with Crippen LogP contribution in [0.4, 0.5) is 0 Å². The van der Waals surface area contributed by atoms with E-state index in [2.05, 4.69) is 15.9 Å². The lowest BCUT2D eigenvalue weighted by Gasteiger charge is -2.20. The van der Waals surface area contributed by atoms with E-state index in [4.69, 9.17) is 26.8 Å². The molecule has 0 aliphatic rings. The minimum absolute atomic E-state index is 0.288. The molecular formula is C15H15BrClNO2. The molecule has 1 unspecified atom stereocenters. The van der Waals surface area contributed by atoms with Crippen molar-refractivity contribution >= 4 is 27.5 Å². The van der Waals surface area contributed by atoms with Crippen LogP contribution in [0.3, 0.4) is 0 Å². The van der Waals surface area contributed by atoms with Gasteiger partial charge in [-0.3, -0.25) is 0 Å². The molecule has 20 heavy (non-hydrogen) atoms. The zero-order chi connectivity index (χ0) is 14.5. The lowest BCUT2D eigenvalue weighted by molar-refractivity contribution is 0.207. The number of para-hydroxylation sites is 1. The van der Waals surface area contributed by atoms with Gasteiger partial charge in [0.2, 0.25) is 0 Å². The van der Waals surface area contributed by atoms with E-state index in [1.807, 2.05) is 30.3 Å². The Morgan fingerprint density at radius 3 is 2.60 bits per heavy atom. The van der Waals surface area contributed by atoms with Crippen LogP contribution in [0.25, 0.3) is 0 Å². The second-order valence-electron chi connectivity index (χ2n) is 4.16. The average Bonchev–Trinajstić information content (AvgIpc) is 2.46. The van der Waals surface area contributed by atoms with E-state index >= 15 is 0 Å². The van der Waals surface area contributed by atoms with Crippen LogP contribution in [0.15, 0.2) is 46.9 Å². The molecule has 2 rings (SSSR count). The van der Waals surface area contributed by atoms with E-state index in [0.29, 0.717) is 17.3 Å². The number of methoxy groups -OCH3 is 1. The van der Waals surface area contributed by atoms with Gasteiger partial charge in [-0.2, -0.15) is 0 Å². The lowest BCUT2D eigenvalue weighted by Crippen LogP contribution is -2.19. The summed E-state index contributed by atoms with van der Waals surface area (Å²) in [4.78, 5) is 0. The van der Waals surface area contributed by atoms with Crippen LogP contribution in [0.5, 0.6) is 11.5 Å². The van der Waals surface area contributed by atoms with Crippen molar-refractivity contribution in [3.63, 3.8) is 0 Å². The molecule has 0 bridgehead atoms. The van der Waals surface area contributed by atoms with Gasteiger partial charge in [0.15, 0.2) is 0 Å². The third-order valence-electron chi connectivity index (χ3n) is 2.86. The molecule has 0 saturated heterocycles. The van der Waals surface area contributed by atoms with Crippen LogP contribution in [0.2, 0.25) is 5.02 Å². The molecule has 0 radical (unpaired) electrons. The molecular weight excluding hydrogens is 342 g/mol. The molecule has 1 atom stereocenters. The summed E-state index contributed by atoms with van der Waals surface area (Å²) in [5.41, 5.74) is 6.75. The minimum atomic E-state index is -0.288. The highest BCUT2D eigenvalue weighted by molar-refractivity contribution is 9.10. The molecule has 0 heterocycles. The van der Waals surface area contributed by atoms with Gasteiger partial charge < -0.3 is 15.2 Å². The van der Waals surface area contributed by atoms with Crippen molar-refractivity contribution in [1.29, 1.82) is 0 Å². The number of nitrogens with two attached hydrogens (primary N) is 1. The van der Waals surface area contributed by atoms with Crippen LogP contribution >= 0.6 is 27.5 Å². The van der Waals surface area contributed by atoms with Gasteiger partial charge in [-0.1, -0.05) is 29.8 Å². The number of ether oxygens (including phenoxy) is 2. The summed E-state index contributed by atoms with van der Waals surface area (Å²) < 4.78 is 12.1. The van der Waals surface area contributed by atoms with Gasteiger partial charge in [-0.25, -0.2) is 0 Å². The predicted molar refractivity (Wildman–Crippen MR) is 84.6 cm³/mol. The summed E-state index contributed by atoms with van der Waals surface area (Å²) in [7, 11) is 1.63. The van der Waals surface area contributed by atoms with Gasteiger partial charge in [-0.05, 0) is 40.2 Å². The summed E-state index contributed by atoms with van der Waals surface area (Å²) in [6.45, 7) is 0.343. The Kier molecular flexibility index (Phi) is 5.29. The first-order valence-electron chi connectivity index (χ1n) is 6.10. The molecule has 2 aromatic rings. The molecule has 0 aliphatic carbocycles. The smallest absolute Gasteiger partial charge is 0.139 e. The third kappa shape index (κ3) is 3.45. The summed E-state index contributed by atoms with van der Waals surface area (Å²) in [6.07, 6.45) is -0.288. The monoisotopic (exact) mass is 355 g/mol. The Balaban J connectivity index is 2.29. The summed E-state index contributed by atoms with van der Waals surface area (Å²) >= 11 is 9.35. The molecule has 106 valence electrons. The predicted octanol–water partition coefficient (Wildman–Crippen LogP) is 4.19. The van der Waals surface area contributed by atoms with Gasteiger partial charge in [0.1, 0.15) is 17.6 Å². The van der Waals surface area contributed by atoms with E-state index in [-0.39, 0.29) is 6.10 Å². The highest BCUT2D eigenvalue weighted by Crippen LogP contribution is 2.33. The largest absolute Gasteiger partial charge is 0.496 e. The summed E-state index contributed by atoms with van der Waals surface area (Å²) in [5.74, 6) is 1.45. The molecule has 0 spiro atoms. The van der Waals surface area contributed by atoms with Crippen LogP contribution in [-0.2, 0) is 0 Å². The molecule has 0 amide bonds. The first-order valence-corrected chi connectivity index (χ1v) is 7.27. The van der Waals surface area contributed by atoms with Crippen molar-refractivity contribution in [2.75, 3.05) is 13.7 Å². The van der Waals surface area contributed by atoms with Crippen LogP contribution in [0.1, 0.15) is 11.7 Å². The molecule has 0 aromatic heterocycles. The van der Waals surface area contributed by atoms with E-state index in [1.54, 1.807) is 19.2 Å². The fraction of sp³-hybridized carbons (Fsp3) is 0.200. The topological polar surface area (TPSA) is 44.5 Å². The maximum absolute atomic E-state index is 5.97. The normalized spacial score (nSPS) is 12.0. The Morgan fingerprint density at radius 2 is 1.95 bits per heavy atom. The number of benzene rings is 2. The Labute approximate surface area is 131 Å². The number of rotatable bonds is 5. The maximum Gasteiger partial charge on any atom is 0.139 e. The molecule has 0 fully saturated rings. The number of halogens is 2. The quantitative estimate of drug-likeness (QED) is 0.873. The van der Waals surface area contributed by atoms with Crippen LogP contribution in [0, 0.1) is 0 Å². The molecule has 2 N–H and O–H groups in total. The van der Waals surface area contributed by atoms with Crippen molar-refractivity contribution in [2.45, 2.75) is 6.10 Å². The Hall–Kier alpha value is -1.23. The average molecular weight is 357 g/mol. The van der Waals surface area contributed by atoms with E-state index in [1.165, 1.54) is 0 Å². The standard InChI is InChI=1S/C15H15BrClNO2/c1-19-13-5-3-2-4-11(13)15(9-18)20-14-7-6-10(17)8-12(14)16/h2-8,15H,9,18H2,1H3. The molecule has 2 aromatic carbocycles. The lowest BCUT2D eigenvalue weighted by atomic mass is 10.1. The number of hydrogen-bond donors (Lipinski definition) is 1. The highest BCUT2D eigenvalue weighted by Gasteiger charge is 2.17. The Bertz CT molecular complexity index is 592. The van der Waals surface area contributed by atoms with Gasteiger partial charge in [-0.15, -0.1) is 0 Å². The van der Waals surface area contributed by atoms with Crippen molar-refractivity contribution in [2.24, 2.45) is 5.73 Å². The SMILES string of the molecule is COc1ccccc1C(CN)Oc1ccc(Cl)cc1Br. The van der Waals surface area contributed by atoms with Crippen molar-refractivity contribution in [1.82, 2.24) is 0 Å². The maximum atomic E-state index is 5.97. The summed E-state index contributed by atoms with van der Waals surface area (Å²) in [6, 6.07) is 13.0. The first kappa shape index (κ1) is 15.2. The van der Waals surface area contributed by atoms with Gasteiger partial charge in [0, 0.05) is 17.1 Å².